The highest BCUT2D eigenvalue weighted by Gasteiger charge is 2.47. The Bertz CT molecular complexity index is 682. The first-order valence-corrected chi connectivity index (χ1v) is 8.97. The van der Waals surface area contributed by atoms with Crippen molar-refractivity contribution in [2.24, 2.45) is 12.8 Å². The zero-order valence-corrected chi connectivity index (χ0v) is 14.6. The predicted octanol–water partition coefficient (Wildman–Crippen LogP) is -0.300. The Morgan fingerprint density at radius 2 is 2.00 bits per heavy atom. The summed E-state index contributed by atoms with van der Waals surface area (Å²) in [6.07, 6.45) is 4.59. The highest BCUT2D eigenvalue weighted by molar-refractivity contribution is 5.95. The number of ether oxygens (including phenoxy) is 1. The van der Waals surface area contributed by atoms with Gasteiger partial charge in [-0.2, -0.15) is 5.10 Å². The van der Waals surface area contributed by atoms with Crippen LogP contribution in [0.5, 0.6) is 0 Å². The lowest BCUT2D eigenvalue weighted by molar-refractivity contribution is -0.131. The molecular weight excluding hydrogens is 322 g/mol. The van der Waals surface area contributed by atoms with E-state index in [1.54, 1.807) is 6.20 Å². The van der Waals surface area contributed by atoms with E-state index >= 15 is 0 Å². The molecule has 2 aliphatic heterocycles. The van der Waals surface area contributed by atoms with Crippen molar-refractivity contribution in [1.82, 2.24) is 19.6 Å². The Morgan fingerprint density at radius 3 is 2.56 bits per heavy atom. The summed E-state index contributed by atoms with van der Waals surface area (Å²) >= 11 is 0. The highest BCUT2D eigenvalue weighted by Crippen LogP contribution is 2.41. The fraction of sp³-hybridized carbons (Fsp3) is 0.706. The van der Waals surface area contributed by atoms with Gasteiger partial charge in [-0.05, 0) is 12.8 Å². The lowest BCUT2D eigenvalue weighted by Gasteiger charge is -2.43. The molecule has 3 aliphatic rings. The van der Waals surface area contributed by atoms with Crippen LogP contribution in [-0.2, 0) is 16.6 Å². The molecule has 2 amide bonds. The van der Waals surface area contributed by atoms with Crippen molar-refractivity contribution < 1.29 is 14.3 Å². The molecule has 1 aromatic heterocycles. The van der Waals surface area contributed by atoms with Gasteiger partial charge in [0.15, 0.2) is 0 Å². The maximum absolute atomic E-state index is 12.9. The van der Waals surface area contributed by atoms with Crippen LogP contribution in [0.1, 0.15) is 41.2 Å². The zero-order valence-electron chi connectivity index (χ0n) is 14.6. The lowest BCUT2D eigenvalue weighted by atomic mass is 9.94. The minimum atomic E-state index is -0.706. The number of aromatic nitrogens is 2. The fourth-order valence-electron chi connectivity index (χ4n) is 4.11. The van der Waals surface area contributed by atoms with Crippen molar-refractivity contribution in [2.75, 3.05) is 39.4 Å². The molecule has 25 heavy (non-hydrogen) atoms. The van der Waals surface area contributed by atoms with E-state index in [1.165, 1.54) is 0 Å². The number of piperazine rings is 1. The van der Waals surface area contributed by atoms with Crippen LogP contribution in [0.4, 0.5) is 0 Å². The van der Waals surface area contributed by atoms with Crippen LogP contribution >= 0.6 is 0 Å². The molecule has 0 aromatic carbocycles. The number of aryl methyl sites for hydroxylation is 1. The fourth-order valence-corrected chi connectivity index (χ4v) is 4.11. The van der Waals surface area contributed by atoms with E-state index < -0.39 is 5.54 Å². The number of rotatable bonds is 4. The predicted molar refractivity (Wildman–Crippen MR) is 90.0 cm³/mol. The van der Waals surface area contributed by atoms with Gasteiger partial charge < -0.3 is 15.4 Å². The number of hydrogen-bond donors (Lipinski definition) is 1. The Labute approximate surface area is 146 Å². The van der Waals surface area contributed by atoms with Gasteiger partial charge in [0.25, 0.3) is 5.91 Å². The van der Waals surface area contributed by atoms with Crippen LogP contribution in [0.15, 0.2) is 6.20 Å². The van der Waals surface area contributed by atoms with Crippen molar-refractivity contribution in [1.29, 1.82) is 0 Å². The smallest absolute Gasteiger partial charge is 0.257 e. The van der Waals surface area contributed by atoms with E-state index in [0.29, 0.717) is 51.7 Å². The van der Waals surface area contributed by atoms with Crippen LogP contribution in [0.3, 0.4) is 0 Å². The molecule has 1 aliphatic carbocycles. The number of hydrogen-bond acceptors (Lipinski definition) is 5. The zero-order chi connectivity index (χ0) is 17.6. The second-order valence-corrected chi connectivity index (χ2v) is 7.32. The van der Waals surface area contributed by atoms with Crippen molar-refractivity contribution in [3.63, 3.8) is 0 Å². The summed E-state index contributed by atoms with van der Waals surface area (Å²) in [7, 11) is 1.90. The number of primary amides is 1. The van der Waals surface area contributed by atoms with E-state index in [9.17, 15) is 9.59 Å². The van der Waals surface area contributed by atoms with Gasteiger partial charge in [0.2, 0.25) is 5.91 Å². The second-order valence-electron chi connectivity index (χ2n) is 7.32. The first kappa shape index (κ1) is 16.5. The molecule has 1 aromatic rings. The van der Waals surface area contributed by atoms with Crippen LogP contribution in [-0.4, -0.2) is 76.3 Å². The molecule has 1 saturated carbocycles. The molecule has 0 radical (unpaired) electrons. The van der Waals surface area contributed by atoms with Crippen LogP contribution in [0.25, 0.3) is 0 Å². The maximum atomic E-state index is 12.9. The minimum Gasteiger partial charge on any atom is -0.379 e. The van der Waals surface area contributed by atoms with Gasteiger partial charge in [-0.15, -0.1) is 0 Å². The summed E-state index contributed by atoms with van der Waals surface area (Å²) < 4.78 is 7.27. The van der Waals surface area contributed by atoms with Gasteiger partial charge in [0, 0.05) is 52.2 Å². The molecule has 0 bridgehead atoms. The molecule has 2 saturated heterocycles. The molecular formula is C17H25N5O3. The number of carbonyl (C=O) groups excluding carboxylic acids is 2. The van der Waals surface area contributed by atoms with Crippen molar-refractivity contribution in [3.05, 3.63) is 17.5 Å². The summed E-state index contributed by atoms with van der Waals surface area (Å²) in [5.74, 6) is 0.194. The summed E-state index contributed by atoms with van der Waals surface area (Å²) in [6.45, 7) is 3.36. The monoisotopic (exact) mass is 347 g/mol. The molecule has 3 heterocycles. The third-order valence-electron chi connectivity index (χ3n) is 5.81. The van der Waals surface area contributed by atoms with Crippen LogP contribution in [0, 0.1) is 0 Å². The molecule has 136 valence electrons. The summed E-state index contributed by atoms with van der Waals surface area (Å²) in [4.78, 5) is 28.9. The summed E-state index contributed by atoms with van der Waals surface area (Å²) in [5.41, 5.74) is 6.74. The molecule has 1 atom stereocenters. The Morgan fingerprint density at radius 1 is 1.28 bits per heavy atom. The molecule has 4 rings (SSSR count). The molecule has 0 spiro atoms. The topological polar surface area (TPSA) is 93.7 Å². The van der Waals surface area contributed by atoms with Gasteiger partial charge in [0.1, 0.15) is 5.54 Å². The van der Waals surface area contributed by atoms with Gasteiger partial charge in [-0.25, -0.2) is 0 Å². The van der Waals surface area contributed by atoms with Gasteiger partial charge in [-0.1, -0.05) is 0 Å². The van der Waals surface area contributed by atoms with E-state index in [2.05, 4.69) is 10.00 Å². The quantitative estimate of drug-likeness (QED) is 0.807. The van der Waals surface area contributed by atoms with Gasteiger partial charge in [-0.3, -0.25) is 19.2 Å². The Balaban J connectivity index is 1.45. The molecule has 2 N–H and O–H groups in total. The van der Waals surface area contributed by atoms with E-state index in [0.717, 1.165) is 24.1 Å². The first-order chi connectivity index (χ1) is 12.0. The van der Waals surface area contributed by atoms with E-state index in [-0.39, 0.29) is 11.8 Å². The first-order valence-electron chi connectivity index (χ1n) is 8.97. The summed E-state index contributed by atoms with van der Waals surface area (Å²) in [5, 5.41) is 4.29. The van der Waals surface area contributed by atoms with Crippen LogP contribution in [0.2, 0.25) is 0 Å². The van der Waals surface area contributed by atoms with Crippen molar-refractivity contribution >= 4 is 11.8 Å². The SMILES string of the molecule is Cn1ncc(C(=O)N2CCN(C3(C(N)=O)CCOC3)CC2)c1C1CC1. The number of nitrogens with zero attached hydrogens (tertiary/aromatic N) is 4. The number of nitrogens with two attached hydrogens (primary N) is 1. The van der Waals surface area contributed by atoms with Crippen molar-refractivity contribution in [2.45, 2.75) is 30.7 Å². The number of amides is 2. The largest absolute Gasteiger partial charge is 0.379 e. The normalized spacial score (nSPS) is 27.6. The molecule has 8 nitrogen and oxygen atoms in total. The lowest BCUT2D eigenvalue weighted by Crippen LogP contribution is -2.63. The second kappa shape index (κ2) is 6.10. The Kier molecular flexibility index (Phi) is 4.04. The highest BCUT2D eigenvalue weighted by atomic mass is 16.5. The average Bonchev–Trinajstić information content (AvgIpc) is 3.18. The molecule has 8 heteroatoms. The van der Waals surface area contributed by atoms with E-state index in [4.69, 9.17) is 10.5 Å². The average molecular weight is 347 g/mol. The molecule has 3 fully saturated rings. The van der Waals surface area contributed by atoms with Gasteiger partial charge in [0.05, 0.1) is 24.1 Å². The third kappa shape index (κ3) is 2.73. The molecule has 1 unspecified atom stereocenters. The van der Waals surface area contributed by atoms with Gasteiger partial charge >= 0.3 is 0 Å². The van der Waals surface area contributed by atoms with Crippen LogP contribution < -0.4 is 5.73 Å². The standard InChI is InChI=1S/C17H25N5O3/c1-20-14(12-2-3-12)13(10-19-20)15(23)21-5-7-22(8-6-21)17(16(18)24)4-9-25-11-17/h10,12H,2-9,11H2,1H3,(H2,18,24). The number of carbonyl (C=O) groups is 2. The van der Waals surface area contributed by atoms with Crippen molar-refractivity contribution in [3.8, 4) is 0 Å². The third-order valence-corrected chi connectivity index (χ3v) is 5.81. The van der Waals surface area contributed by atoms with E-state index in [1.807, 2.05) is 16.6 Å². The minimum absolute atomic E-state index is 0.0467. The Hall–Kier alpha value is -1.93. The summed E-state index contributed by atoms with van der Waals surface area (Å²) in [6, 6.07) is 0. The maximum Gasteiger partial charge on any atom is 0.257 e.